The lowest BCUT2D eigenvalue weighted by Crippen LogP contribution is -2.47. The molecule has 2 unspecified atom stereocenters. The third-order valence-electron chi connectivity index (χ3n) is 2.69. The van der Waals surface area contributed by atoms with Crippen molar-refractivity contribution in [3.63, 3.8) is 0 Å². The van der Waals surface area contributed by atoms with E-state index in [2.05, 4.69) is 31.1 Å². The maximum absolute atomic E-state index is 3.49. The number of piperidine rings is 1. The molecule has 0 saturated carbocycles. The third kappa shape index (κ3) is 2.46. The van der Waals surface area contributed by atoms with Crippen LogP contribution in [0.4, 0.5) is 0 Å². The zero-order valence-corrected chi connectivity index (χ0v) is 7.93. The van der Waals surface area contributed by atoms with E-state index in [1.54, 1.807) is 0 Å². The first-order valence-corrected chi connectivity index (χ1v) is 4.67. The summed E-state index contributed by atoms with van der Waals surface area (Å²) in [5, 5.41) is 3.49. The van der Waals surface area contributed by atoms with E-state index in [0.29, 0.717) is 0 Å². The molecular weight excluding hydrogens is 136 g/mol. The van der Waals surface area contributed by atoms with E-state index in [0.717, 1.165) is 18.6 Å². The standard InChI is InChI=1S/C9H20N2/c1-4-10-9-6-5-8(2)11(3)7-9/h8-10H,4-7H2,1-3H3. The molecule has 0 amide bonds. The average molecular weight is 156 g/mol. The Morgan fingerprint density at radius 2 is 2.18 bits per heavy atom. The van der Waals surface area contributed by atoms with Crippen LogP contribution < -0.4 is 5.32 Å². The largest absolute Gasteiger partial charge is 0.313 e. The Labute approximate surface area is 70.0 Å². The Morgan fingerprint density at radius 1 is 1.45 bits per heavy atom. The summed E-state index contributed by atoms with van der Waals surface area (Å²) in [6.45, 7) is 6.81. The quantitative estimate of drug-likeness (QED) is 0.643. The molecule has 0 aliphatic carbocycles. The normalized spacial score (nSPS) is 34.1. The molecule has 11 heavy (non-hydrogen) atoms. The molecule has 0 bridgehead atoms. The molecule has 0 radical (unpaired) electrons. The van der Waals surface area contributed by atoms with Crippen LogP contribution >= 0.6 is 0 Å². The fourth-order valence-electron chi connectivity index (χ4n) is 1.74. The van der Waals surface area contributed by atoms with Crippen molar-refractivity contribution in [2.75, 3.05) is 20.1 Å². The van der Waals surface area contributed by atoms with Gasteiger partial charge in [-0.1, -0.05) is 6.92 Å². The lowest BCUT2D eigenvalue weighted by atomic mass is 10.0. The van der Waals surface area contributed by atoms with Gasteiger partial charge in [0.2, 0.25) is 0 Å². The molecule has 1 heterocycles. The minimum Gasteiger partial charge on any atom is -0.313 e. The monoisotopic (exact) mass is 156 g/mol. The van der Waals surface area contributed by atoms with Crippen molar-refractivity contribution in [3.05, 3.63) is 0 Å². The Kier molecular flexibility index (Phi) is 3.34. The first-order chi connectivity index (χ1) is 5.24. The summed E-state index contributed by atoms with van der Waals surface area (Å²) >= 11 is 0. The van der Waals surface area contributed by atoms with Crippen LogP contribution in [0.1, 0.15) is 26.7 Å². The van der Waals surface area contributed by atoms with Gasteiger partial charge in [-0.2, -0.15) is 0 Å². The van der Waals surface area contributed by atoms with Crippen LogP contribution in [0.2, 0.25) is 0 Å². The van der Waals surface area contributed by atoms with E-state index >= 15 is 0 Å². The van der Waals surface area contributed by atoms with Crippen LogP contribution in [-0.4, -0.2) is 37.1 Å². The van der Waals surface area contributed by atoms with E-state index in [-0.39, 0.29) is 0 Å². The third-order valence-corrected chi connectivity index (χ3v) is 2.69. The Hall–Kier alpha value is -0.0800. The molecule has 1 aliphatic heterocycles. The second-order valence-corrected chi connectivity index (χ2v) is 3.62. The summed E-state index contributed by atoms with van der Waals surface area (Å²) < 4.78 is 0. The molecule has 0 spiro atoms. The Morgan fingerprint density at radius 3 is 2.73 bits per heavy atom. The fraction of sp³-hybridized carbons (Fsp3) is 1.00. The van der Waals surface area contributed by atoms with Crippen LogP contribution in [0.25, 0.3) is 0 Å². The first-order valence-electron chi connectivity index (χ1n) is 4.67. The highest BCUT2D eigenvalue weighted by Gasteiger charge is 2.20. The van der Waals surface area contributed by atoms with Crippen molar-refractivity contribution < 1.29 is 0 Å². The molecular formula is C9H20N2. The predicted octanol–water partition coefficient (Wildman–Crippen LogP) is 1.08. The minimum absolute atomic E-state index is 0.737. The van der Waals surface area contributed by atoms with Gasteiger partial charge in [0.15, 0.2) is 0 Å². The molecule has 2 nitrogen and oxygen atoms in total. The van der Waals surface area contributed by atoms with Gasteiger partial charge in [-0.3, -0.25) is 0 Å². The SMILES string of the molecule is CCNC1CCC(C)N(C)C1. The molecule has 1 rings (SSSR count). The molecule has 0 aromatic rings. The lowest BCUT2D eigenvalue weighted by molar-refractivity contribution is 0.166. The molecule has 1 aliphatic rings. The highest BCUT2D eigenvalue weighted by molar-refractivity contribution is 4.80. The molecule has 2 heteroatoms. The number of hydrogen-bond donors (Lipinski definition) is 1. The topological polar surface area (TPSA) is 15.3 Å². The molecule has 1 N–H and O–H groups in total. The van der Waals surface area contributed by atoms with Crippen LogP contribution in [0.3, 0.4) is 0 Å². The van der Waals surface area contributed by atoms with Crippen molar-refractivity contribution >= 4 is 0 Å². The van der Waals surface area contributed by atoms with Crippen LogP contribution in [0, 0.1) is 0 Å². The Balaban J connectivity index is 2.28. The number of hydrogen-bond acceptors (Lipinski definition) is 2. The van der Waals surface area contributed by atoms with E-state index in [1.807, 2.05) is 0 Å². The number of nitrogens with zero attached hydrogens (tertiary/aromatic N) is 1. The predicted molar refractivity (Wildman–Crippen MR) is 48.8 cm³/mol. The fourth-order valence-corrected chi connectivity index (χ4v) is 1.74. The summed E-state index contributed by atoms with van der Waals surface area (Å²) in [7, 11) is 2.22. The van der Waals surface area contributed by atoms with Gasteiger partial charge >= 0.3 is 0 Å². The summed E-state index contributed by atoms with van der Waals surface area (Å²) in [5.41, 5.74) is 0. The summed E-state index contributed by atoms with van der Waals surface area (Å²) in [5.74, 6) is 0. The summed E-state index contributed by atoms with van der Waals surface area (Å²) in [6, 6.07) is 1.52. The maximum Gasteiger partial charge on any atom is 0.0195 e. The van der Waals surface area contributed by atoms with Gasteiger partial charge in [-0.15, -0.1) is 0 Å². The molecule has 1 saturated heterocycles. The molecule has 0 aromatic heterocycles. The lowest BCUT2D eigenvalue weighted by Gasteiger charge is -2.35. The maximum atomic E-state index is 3.49. The second kappa shape index (κ2) is 4.07. The van der Waals surface area contributed by atoms with Gasteiger partial charge in [0.1, 0.15) is 0 Å². The van der Waals surface area contributed by atoms with Crippen LogP contribution in [0.5, 0.6) is 0 Å². The van der Waals surface area contributed by atoms with Gasteiger partial charge in [-0.25, -0.2) is 0 Å². The number of rotatable bonds is 2. The smallest absolute Gasteiger partial charge is 0.0195 e. The molecule has 0 aromatic carbocycles. The summed E-state index contributed by atoms with van der Waals surface area (Å²) in [6.07, 6.45) is 2.69. The van der Waals surface area contributed by atoms with Gasteiger partial charge in [0.05, 0.1) is 0 Å². The minimum atomic E-state index is 0.737. The molecule has 66 valence electrons. The van der Waals surface area contributed by atoms with Gasteiger partial charge in [0, 0.05) is 18.6 Å². The van der Waals surface area contributed by atoms with Crippen molar-refractivity contribution in [2.45, 2.75) is 38.8 Å². The first kappa shape index (κ1) is 9.01. The van der Waals surface area contributed by atoms with Crippen molar-refractivity contribution in [3.8, 4) is 0 Å². The number of likely N-dealkylation sites (N-methyl/N-ethyl adjacent to an activating group) is 2. The molecule has 2 atom stereocenters. The zero-order chi connectivity index (χ0) is 8.27. The second-order valence-electron chi connectivity index (χ2n) is 3.62. The highest BCUT2D eigenvalue weighted by atomic mass is 15.2. The van der Waals surface area contributed by atoms with E-state index in [1.165, 1.54) is 19.4 Å². The Bertz CT molecular complexity index is 114. The zero-order valence-electron chi connectivity index (χ0n) is 7.93. The highest BCUT2D eigenvalue weighted by Crippen LogP contribution is 2.14. The van der Waals surface area contributed by atoms with Crippen molar-refractivity contribution in [1.82, 2.24) is 10.2 Å². The average Bonchev–Trinajstić information content (AvgIpc) is 1.98. The van der Waals surface area contributed by atoms with Crippen molar-refractivity contribution in [1.29, 1.82) is 0 Å². The van der Waals surface area contributed by atoms with Gasteiger partial charge in [0.25, 0.3) is 0 Å². The van der Waals surface area contributed by atoms with Crippen LogP contribution in [-0.2, 0) is 0 Å². The van der Waals surface area contributed by atoms with Crippen molar-refractivity contribution in [2.24, 2.45) is 0 Å². The van der Waals surface area contributed by atoms with E-state index in [9.17, 15) is 0 Å². The van der Waals surface area contributed by atoms with E-state index in [4.69, 9.17) is 0 Å². The number of likely N-dealkylation sites (tertiary alicyclic amines) is 1. The van der Waals surface area contributed by atoms with Crippen LogP contribution in [0.15, 0.2) is 0 Å². The van der Waals surface area contributed by atoms with Gasteiger partial charge < -0.3 is 10.2 Å². The van der Waals surface area contributed by atoms with E-state index < -0.39 is 0 Å². The van der Waals surface area contributed by atoms with Gasteiger partial charge in [-0.05, 0) is 33.4 Å². The number of nitrogens with one attached hydrogen (secondary N) is 1. The molecule has 1 fully saturated rings. The summed E-state index contributed by atoms with van der Waals surface area (Å²) in [4.78, 5) is 2.44.